The minimum atomic E-state index is -0.284. The molecule has 1 saturated heterocycles. The van der Waals surface area contributed by atoms with Crippen LogP contribution in [0.5, 0.6) is 0 Å². The summed E-state index contributed by atoms with van der Waals surface area (Å²) in [6, 6.07) is 7.07. The molecular formula is C16H22N2O2. The van der Waals surface area contributed by atoms with Crippen molar-refractivity contribution >= 4 is 17.4 Å². The molecule has 1 fully saturated rings. The maximum Gasteiger partial charge on any atom is 0.231 e. The second-order valence-electron chi connectivity index (χ2n) is 5.54. The number of carbonyl (C=O) groups is 2. The molecule has 1 aromatic rings. The summed E-state index contributed by atoms with van der Waals surface area (Å²) in [4.78, 5) is 23.8. The molecule has 20 heavy (non-hydrogen) atoms. The Labute approximate surface area is 119 Å². The van der Waals surface area contributed by atoms with Crippen molar-refractivity contribution < 1.29 is 9.59 Å². The third kappa shape index (κ3) is 3.07. The van der Waals surface area contributed by atoms with Gasteiger partial charge in [0.25, 0.3) is 0 Å². The van der Waals surface area contributed by atoms with Gasteiger partial charge in [-0.2, -0.15) is 0 Å². The fourth-order valence-corrected chi connectivity index (χ4v) is 2.79. The van der Waals surface area contributed by atoms with Crippen molar-refractivity contribution in [1.82, 2.24) is 5.32 Å². The largest absolute Gasteiger partial charge is 0.326 e. The average molecular weight is 274 g/mol. The quantitative estimate of drug-likeness (QED) is 0.811. The van der Waals surface area contributed by atoms with Crippen LogP contribution < -0.4 is 10.6 Å². The van der Waals surface area contributed by atoms with Crippen molar-refractivity contribution in [3.05, 3.63) is 29.8 Å². The van der Waals surface area contributed by atoms with E-state index in [1.54, 1.807) is 24.3 Å². The molecule has 0 spiro atoms. The van der Waals surface area contributed by atoms with Crippen molar-refractivity contribution in [2.24, 2.45) is 5.41 Å². The van der Waals surface area contributed by atoms with Crippen LogP contribution in [-0.4, -0.2) is 24.8 Å². The van der Waals surface area contributed by atoms with Crippen LogP contribution in [0.15, 0.2) is 24.3 Å². The Morgan fingerprint density at radius 2 is 2.00 bits per heavy atom. The number of amides is 1. The molecule has 1 heterocycles. The number of rotatable bonds is 5. The lowest BCUT2D eigenvalue weighted by atomic mass is 9.81. The van der Waals surface area contributed by atoms with Crippen LogP contribution in [0.25, 0.3) is 0 Å². The highest BCUT2D eigenvalue weighted by Gasteiger charge is 2.40. The summed E-state index contributed by atoms with van der Waals surface area (Å²) in [7, 11) is 0. The van der Waals surface area contributed by atoms with Gasteiger partial charge in [-0.05, 0) is 50.6 Å². The number of ketones is 1. The zero-order valence-corrected chi connectivity index (χ0v) is 12.2. The van der Waals surface area contributed by atoms with Gasteiger partial charge in [0.05, 0.1) is 5.41 Å². The number of hydrogen-bond acceptors (Lipinski definition) is 3. The van der Waals surface area contributed by atoms with E-state index in [0.717, 1.165) is 38.0 Å². The van der Waals surface area contributed by atoms with E-state index < -0.39 is 0 Å². The van der Waals surface area contributed by atoms with E-state index in [-0.39, 0.29) is 17.1 Å². The Morgan fingerprint density at radius 1 is 1.30 bits per heavy atom. The van der Waals surface area contributed by atoms with E-state index in [9.17, 15) is 9.59 Å². The van der Waals surface area contributed by atoms with Gasteiger partial charge in [-0.1, -0.05) is 13.3 Å². The summed E-state index contributed by atoms with van der Waals surface area (Å²) >= 11 is 0. The smallest absolute Gasteiger partial charge is 0.231 e. The predicted octanol–water partition coefficient (Wildman–Crippen LogP) is 2.61. The molecule has 1 unspecified atom stereocenters. The van der Waals surface area contributed by atoms with Gasteiger partial charge in [-0.3, -0.25) is 9.59 Å². The van der Waals surface area contributed by atoms with E-state index in [2.05, 4.69) is 17.6 Å². The standard InChI is InChI=1S/C16H22N2O2/c1-3-8-16(9-10-17-11-16)15(20)18-14-6-4-13(5-7-14)12(2)19/h4-7,17H,3,8-11H2,1-2H3,(H,18,20). The highest BCUT2D eigenvalue weighted by Crippen LogP contribution is 2.32. The molecule has 4 nitrogen and oxygen atoms in total. The summed E-state index contributed by atoms with van der Waals surface area (Å²) in [5.41, 5.74) is 1.13. The molecule has 0 radical (unpaired) electrons. The number of benzene rings is 1. The zero-order valence-electron chi connectivity index (χ0n) is 12.2. The van der Waals surface area contributed by atoms with E-state index >= 15 is 0 Å². The lowest BCUT2D eigenvalue weighted by molar-refractivity contribution is -0.125. The molecule has 0 aromatic heterocycles. The number of anilines is 1. The van der Waals surface area contributed by atoms with Crippen molar-refractivity contribution in [3.63, 3.8) is 0 Å². The summed E-state index contributed by atoms with van der Waals surface area (Å²) in [6.45, 7) is 5.29. The molecule has 0 saturated carbocycles. The van der Waals surface area contributed by atoms with Crippen molar-refractivity contribution in [2.45, 2.75) is 33.1 Å². The van der Waals surface area contributed by atoms with Gasteiger partial charge in [0.2, 0.25) is 5.91 Å². The Morgan fingerprint density at radius 3 is 2.50 bits per heavy atom. The van der Waals surface area contributed by atoms with E-state index in [1.807, 2.05) is 0 Å². The monoisotopic (exact) mass is 274 g/mol. The Kier molecular flexibility index (Phi) is 4.55. The van der Waals surface area contributed by atoms with Gasteiger partial charge in [0.15, 0.2) is 5.78 Å². The lowest BCUT2D eigenvalue weighted by Gasteiger charge is -2.26. The molecule has 0 bridgehead atoms. The molecule has 4 heteroatoms. The normalized spacial score (nSPS) is 21.7. The maximum absolute atomic E-state index is 12.5. The van der Waals surface area contributed by atoms with Crippen LogP contribution in [0.4, 0.5) is 5.69 Å². The summed E-state index contributed by atoms with van der Waals surface area (Å²) in [6.07, 6.45) is 2.79. The summed E-state index contributed by atoms with van der Waals surface area (Å²) < 4.78 is 0. The fraction of sp³-hybridized carbons (Fsp3) is 0.500. The Bertz CT molecular complexity index is 488. The number of nitrogens with one attached hydrogen (secondary N) is 2. The molecule has 1 aromatic carbocycles. The minimum Gasteiger partial charge on any atom is -0.326 e. The lowest BCUT2D eigenvalue weighted by Crippen LogP contribution is -2.38. The van der Waals surface area contributed by atoms with Gasteiger partial charge < -0.3 is 10.6 Å². The van der Waals surface area contributed by atoms with E-state index in [0.29, 0.717) is 5.56 Å². The number of hydrogen-bond donors (Lipinski definition) is 2. The first kappa shape index (κ1) is 14.7. The van der Waals surface area contributed by atoms with Gasteiger partial charge >= 0.3 is 0 Å². The van der Waals surface area contributed by atoms with Crippen molar-refractivity contribution in [1.29, 1.82) is 0 Å². The van der Waals surface area contributed by atoms with Gasteiger partial charge in [0.1, 0.15) is 0 Å². The summed E-state index contributed by atoms with van der Waals surface area (Å²) in [5, 5.41) is 6.27. The first-order chi connectivity index (χ1) is 9.57. The predicted molar refractivity (Wildman–Crippen MR) is 79.9 cm³/mol. The molecule has 1 atom stereocenters. The van der Waals surface area contributed by atoms with Gasteiger partial charge in [-0.15, -0.1) is 0 Å². The fourth-order valence-electron chi connectivity index (χ4n) is 2.79. The van der Waals surface area contributed by atoms with Gasteiger partial charge in [-0.25, -0.2) is 0 Å². The molecule has 2 N–H and O–H groups in total. The highest BCUT2D eigenvalue weighted by atomic mass is 16.2. The third-order valence-corrected chi connectivity index (χ3v) is 4.00. The van der Waals surface area contributed by atoms with Crippen LogP contribution in [0, 0.1) is 5.41 Å². The highest BCUT2D eigenvalue weighted by molar-refractivity contribution is 5.97. The van der Waals surface area contributed by atoms with Crippen LogP contribution in [0.3, 0.4) is 0 Å². The maximum atomic E-state index is 12.5. The molecule has 2 rings (SSSR count). The van der Waals surface area contributed by atoms with Gasteiger partial charge in [0, 0.05) is 17.8 Å². The molecule has 1 aliphatic rings. The number of Topliss-reactive ketones (excluding diaryl/α,β-unsaturated/α-hetero) is 1. The van der Waals surface area contributed by atoms with Crippen LogP contribution >= 0.6 is 0 Å². The molecule has 108 valence electrons. The Hall–Kier alpha value is -1.68. The topological polar surface area (TPSA) is 58.2 Å². The zero-order chi connectivity index (χ0) is 14.6. The van der Waals surface area contributed by atoms with Crippen molar-refractivity contribution in [2.75, 3.05) is 18.4 Å². The number of carbonyl (C=O) groups excluding carboxylic acids is 2. The summed E-state index contributed by atoms with van der Waals surface area (Å²) in [5.74, 6) is 0.116. The molecule has 0 aliphatic carbocycles. The average Bonchev–Trinajstić information content (AvgIpc) is 2.89. The molecule has 1 amide bonds. The van der Waals surface area contributed by atoms with E-state index in [1.165, 1.54) is 6.92 Å². The minimum absolute atomic E-state index is 0.0327. The third-order valence-electron chi connectivity index (χ3n) is 4.00. The van der Waals surface area contributed by atoms with Crippen LogP contribution in [-0.2, 0) is 4.79 Å². The van der Waals surface area contributed by atoms with Crippen LogP contribution in [0.2, 0.25) is 0 Å². The first-order valence-electron chi connectivity index (χ1n) is 7.20. The SMILES string of the molecule is CCCC1(C(=O)Nc2ccc(C(C)=O)cc2)CCNC1. The van der Waals surface area contributed by atoms with Crippen molar-refractivity contribution in [3.8, 4) is 0 Å². The molecule has 1 aliphatic heterocycles. The van der Waals surface area contributed by atoms with Crippen LogP contribution in [0.1, 0.15) is 43.5 Å². The first-order valence-corrected chi connectivity index (χ1v) is 7.20. The van der Waals surface area contributed by atoms with E-state index in [4.69, 9.17) is 0 Å². The Balaban J connectivity index is 2.08. The second kappa shape index (κ2) is 6.18. The second-order valence-corrected chi connectivity index (χ2v) is 5.54. The molecular weight excluding hydrogens is 252 g/mol.